The fraction of sp³-hybridized carbons (Fsp3) is 0.263. The van der Waals surface area contributed by atoms with E-state index in [9.17, 15) is 0 Å². The summed E-state index contributed by atoms with van der Waals surface area (Å²) in [6.45, 7) is 7.70. The molecule has 0 aromatic heterocycles. The van der Waals surface area contributed by atoms with Crippen LogP contribution in [0, 0.1) is 6.92 Å². The lowest BCUT2D eigenvalue weighted by molar-refractivity contribution is 1.02. The van der Waals surface area contributed by atoms with Crippen LogP contribution in [-0.4, -0.2) is 13.1 Å². The number of aryl methyl sites for hydroxylation is 1. The Hall–Kier alpha value is -2.26. The van der Waals surface area contributed by atoms with Gasteiger partial charge >= 0.3 is 0 Å². The van der Waals surface area contributed by atoms with Gasteiger partial charge in [-0.1, -0.05) is 29.8 Å². The van der Waals surface area contributed by atoms with Crippen LogP contribution in [0.5, 0.6) is 0 Å². The van der Waals surface area contributed by atoms with Crippen LogP contribution in [0.3, 0.4) is 0 Å². The average Bonchev–Trinajstić information content (AvgIpc) is 2.51. The second-order valence-corrected chi connectivity index (χ2v) is 5.71. The van der Waals surface area contributed by atoms with Crippen molar-refractivity contribution in [1.29, 1.82) is 0 Å². The van der Waals surface area contributed by atoms with E-state index in [-0.39, 0.29) is 0 Å². The van der Waals surface area contributed by atoms with Gasteiger partial charge in [0.2, 0.25) is 0 Å². The first-order valence-electron chi connectivity index (χ1n) is 7.65. The van der Waals surface area contributed by atoms with Crippen LogP contribution >= 0.6 is 0 Å². The van der Waals surface area contributed by atoms with Crippen molar-refractivity contribution in [1.82, 2.24) is 0 Å². The van der Waals surface area contributed by atoms with Crippen LogP contribution in [0.1, 0.15) is 19.4 Å². The number of anilines is 2. The topological polar surface area (TPSA) is 50.1 Å². The van der Waals surface area contributed by atoms with Crippen LogP contribution in [0.2, 0.25) is 0 Å². The normalized spacial score (nSPS) is 10.2. The standard InChI is InChI=1S/C19H25N3/c1-14(2)13-22-19-12-15(3)4-9-18(19)16-5-7-17(8-6-16)21-11-10-20/h4-9,12-13,21-22H,10-11,20H2,1-3H3. The highest BCUT2D eigenvalue weighted by Crippen LogP contribution is 2.30. The molecule has 0 amide bonds. The van der Waals surface area contributed by atoms with Crippen LogP contribution in [0.25, 0.3) is 11.1 Å². The van der Waals surface area contributed by atoms with Gasteiger partial charge in [-0.15, -0.1) is 0 Å². The Morgan fingerprint density at radius 1 is 1.09 bits per heavy atom. The third-order valence-corrected chi connectivity index (χ3v) is 3.36. The van der Waals surface area contributed by atoms with Crippen molar-refractivity contribution in [3.63, 3.8) is 0 Å². The van der Waals surface area contributed by atoms with Crippen LogP contribution < -0.4 is 16.4 Å². The Bertz CT molecular complexity index is 638. The van der Waals surface area contributed by atoms with Gasteiger partial charge < -0.3 is 16.4 Å². The van der Waals surface area contributed by atoms with Gasteiger partial charge in [-0.05, 0) is 56.3 Å². The fourth-order valence-electron chi connectivity index (χ4n) is 2.24. The van der Waals surface area contributed by atoms with E-state index in [2.05, 4.69) is 73.9 Å². The minimum Gasteiger partial charge on any atom is -0.384 e. The fourth-order valence-corrected chi connectivity index (χ4v) is 2.24. The zero-order chi connectivity index (χ0) is 15.9. The molecule has 0 spiro atoms. The maximum absolute atomic E-state index is 5.51. The van der Waals surface area contributed by atoms with Crippen LogP contribution in [0.15, 0.2) is 54.2 Å². The van der Waals surface area contributed by atoms with Gasteiger partial charge in [-0.3, -0.25) is 0 Å². The van der Waals surface area contributed by atoms with Crippen molar-refractivity contribution >= 4 is 11.4 Å². The molecule has 0 saturated carbocycles. The Balaban J connectivity index is 2.29. The summed E-state index contributed by atoms with van der Waals surface area (Å²) in [5, 5.41) is 6.69. The molecule has 2 aromatic rings. The molecule has 4 N–H and O–H groups in total. The number of nitrogens with one attached hydrogen (secondary N) is 2. The molecule has 3 heteroatoms. The number of rotatable bonds is 6. The van der Waals surface area contributed by atoms with Gasteiger partial charge in [0, 0.05) is 30.0 Å². The van der Waals surface area contributed by atoms with Gasteiger partial charge in [0.15, 0.2) is 0 Å². The molecule has 3 nitrogen and oxygen atoms in total. The van der Waals surface area contributed by atoms with Gasteiger partial charge in [0.25, 0.3) is 0 Å². The number of nitrogens with two attached hydrogens (primary N) is 1. The van der Waals surface area contributed by atoms with E-state index in [0.29, 0.717) is 6.54 Å². The zero-order valence-electron chi connectivity index (χ0n) is 13.6. The maximum Gasteiger partial charge on any atom is 0.0462 e. The molecule has 0 aliphatic carbocycles. The molecule has 0 aliphatic heterocycles. The molecular weight excluding hydrogens is 270 g/mol. The summed E-state index contributed by atoms with van der Waals surface area (Å²) in [5.74, 6) is 0. The minimum atomic E-state index is 0.635. The lowest BCUT2D eigenvalue weighted by Gasteiger charge is -2.12. The first-order chi connectivity index (χ1) is 10.6. The van der Waals surface area contributed by atoms with Crippen molar-refractivity contribution in [3.8, 4) is 11.1 Å². The second kappa shape index (κ2) is 7.66. The number of allylic oxidation sites excluding steroid dienone is 1. The molecule has 2 rings (SSSR count). The first kappa shape index (κ1) is 16.1. The van der Waals surface area contributed by atoms with Crippen molar-refractivity contribution in [2.45, 2.75) is 20.8 Å². The van der Waals surface area contributed by atoms with Gasteiger partial charge in [0.1, 0.15) is 0 Å². The van der Waals surface area contributed by atoms with Crippen LogP contribution in [0.4, 0.5) is 11.4 Å². The molecule has 0 heterocycles. The molecule has 0 radical (unpaired) electrons. The van der Waals surface area contributed by atoms with E-state index in [4.69, 9.17) is 5.73 Å². The van der Waals surface area contributed by atoms with Crippen molar-refractivity contribution in [3.05, 3.63) is 59.8 Å². The molecule has 0 unspecified atom stereocenters. The summed E-state index contributed by atoms with van der Waals surface area (Å²) in [5.41, 5.74) is 12.6. The Kier molecular flexibility index (Phi) is 5.61. The van der Waals surface area contributed by atoms with Crippen molar-refractivity contribution in [2.75, 3.05) is 23.7 Å². The smallest absolute Gasteiger partial charge is 0.0462 e. The van der Waals surface area contributed by atoms with E-state index in [1.165, 1.54) is 22.3 Å². The van der Waals surface area contributed by atoms with Gasteiger partial charge in [-0.2, -0.15) is 0 Å². The average molecular weight is 295 g/mol. The summed E-state index contributed by atoms with van der Waals surface area (Å²) in [6, 6.07) is 14.9. The first-order valence-corrected chi connectivity index (χ1v) is 7.65. The van der Waals surface area contributed by atoms with E-state index in [1.807, 2.05) is 6.20 Å². The quantitative estimate of drug-likeness (QED) is 0.741. The number of hydrogen-bond donors (Lipinski definition) is 3. The lowest BCUT2D eigenvalue weighted by Crippen LogP contribution is -2.12. The minimum absolute atomic E-state index is 0.635. The predicted octanol–water partition coefficient (Wildman–Crippen LogP) is 4.37. The molecule has 0 atom stereocenters. The summed E-state index contributed by atoms with van der Waals surface area (Å²) in [4.78, 5) is 0. The Labute approximate surface area is 133 Å². The lowest BCUT2D eigenvalue weighted by atomic mass is 10.0. The Morgan fingerprint density at radius 3 is 2.45 bits per heavy atom. The summed E-state index contributed by atoms with van der Waals surface area (Å²) < 4.78 is 0. The second-order valence-electron chi connectivity index (χ2n) is 5.71. The summed E-state index contributed by atoms with van der Waals surface area (Å²) in [7, 11) is 0. The maximum atomic E-state index is 5.51. The molecule has 116 valence electrons. The molecule has 22 heavy (non-hydrogen) atoms. The monoisotopic (exact) mass is 295 g/mol. The largest absolute Gasteiger partial charge is 0.384 e. The number of benzene rings is 2. The van der Waals surface area contributed by atoms with Crippen molar-refractivity contribution < 1.29 is 0 Å². The van der Waals surface area contributed by atoms with Crippen molar-refractivity contribution in [2.24, 2.45) is 5.73 Å². The molecular formula is C19H25N3. The molecule has 0 bridgehead atoms. The molecule has 0 aliphatic rings. The SMILES string of the molecule is CC(C)=CNc1cc(C)ccc1-c1ccc(NCCN)cc1. The van der Waals surface area contributed by atoms with E-state index < -0.39 is 0 Å². The predicted molar refractivity (Wildman–Crippen MR) is 97.2 cm³/mol. The third kappa shape index (κ3) is 4.37. The van der Waals surface area contributed by atoms with Crippen LogP contribution in [-0.2, 0) is 0 Å². The van der Waals surface area contributed by atoms with Gasteiger partial charge in [0.05, 0.1) is 0 Å². The number of hydrogen-bond acceptors (Lipinski definition) is 3. The Morgan fingerprint density at radius 2 is 1.82 bits per heavy atom. The summed E-state index contributed by atoms with van der Waals surface area (Å²) >= 11 is 0. The van der Waals surface area contributed by atoms with E-state index >= 15 is 0 Å². The zero-order valence-corrected chi connectivity index (χ0v) is 13.6. The highest BCUT2D eigenvalue weighted by molar-refractivity contribution is 5.79. The third-order valence-electron chi connectivity index (χ3n) is 3.36. The molecule has 0 fully saturated rings. The van der Waals surface area contributed by atoms with E-state index in [0.717, 1.165) is 17.9 Å². The molecule has 2 aromatic carbocycles. The molecule has 0 saturated heterocycles. The summed E-state index contributed by atoms with van der Waals surface area (Å²) in [6.07, 6.45) is 2.04. The van der Waals surface area contributed by atoms with E-state index in [1.54, 1.807) is 0 Å². The van der Waals surface area contributed by atoms with Gasteiger partial charge in [-0.25, -0.2) is 0 Å². The highest BCUT2D eigenvalue weighted by atomic mass is 14.9. The highest BCUT2D eigenvalue weighted by Gasteiger charge is 2.05.